The Balaban J connectivity index is 1.80. The van der Waals surface area contributed by atoms with Gasteiger partial charge in [0.2, 0.25) is 11.9 Å². The van der Waals surface area contributed by atoms with Gasteiger partial charge in [-0.15, -0.1) is 5.10 Å². The van der Waals surface area contributed by atoms with Crippen LogP contribution in [0.3, 0.4) is 0 Å². The van der Waals surface area contributed by atoms with Crippen molar-refractivity contribution in [1.82, 2.24) is 24.6 Å². The quantitative estimate of drug-likeness (QED) is 0.883. The highest BCUT2D eigenvalue weighted by molar-refractivity contribution is 5.48. The zero-order chi connectivity index (χ0) is 14.9. The van der Waals surface area contributed by atoms with Crippen molar-refractivity contribution in [1.29, 1.82) is 0 Å². The molecule has 1 N–H and O–H groups in total. The molecule has 118 valence electrons. The number of rotatable bonds is 2. The standard InChI is InChI=1S/C14H21N7O/c22-14-18-17-12-15-11(19-7-3-1-4-8-19)16-13(21(12)14)20-9-5-2-6-10-20/h1-10H2,(H,18,22). The summed E-state index contributed by atoms with van der Waals surface area (Å²) in [7, 11) is 0. The molecule has 2 aromatic rings. The normalized spacial score (nSPS) is 19.8. The number of hydrogen-bond donors (Lipinski definition) is 1. The molecule has 0 saturated carbocycles. The summed E-state index contributed by atoms with van der Waals surface area (Å²) in [5, 5.41) is 6.55. The topological polar surface area (TPSA) is 82.4 Å². The minimum Gasteiger partial charge on any atom is -0.342 e. The molecule has 0 spiro atoms. The zero-order valence-electron chi connectivity index (χ0n) is 12.7. The van der Waals surface area contributed by atoms with Crippen molar-refractivity contribution in [3.8, 4) is 0 Å². The summed E-state index contributed by atoms with van der Waals surface area (Å²) in [5.74, 6) is 1.80. The van der Waals surface area contributed by atoms with E-state index in [9.17, 15) is 4.79 Å². The molecule has 0 bridgehead atoms. The van der Waals surface area contributed by atoms with Crippen molar-refractivity contribution in [3.63, 3.8) is 0 Å². The number of aromatic amines is 1. The minimum atomic E-state index is -0.263. The van der Waals surface area contributed by atoms with Crippen molar-refractivity contribution in [3.05, 3.63) is 10.5 Å². The van der Waals surface area contributed by atoms with Crippen LogP contribution in [0.2, 0.25) is 0 Å². The molecule has 8 heteroatoms. The highest BCUT2D eigenvalue weighted by atomic mass is 16.1. The predicted molar refractivity (Wildman–Crippen MR) is 83.5 cm³/mol. The summed E-state index contributed by atoms with van der Waals surface area (Å²) in [4.78, 5) is 25.7. The third kappa shape index (κ3) is 2.32. The monoisotopic (exact) mass is 303 g/mol. The fourth-order valence-corrected chi connectivity index (χ4v) is 3.34. The number of fused-ring (bicyclic) bond motifs is 1. The third-order valence-electron chi connectivity index (χ3n) is 4.53. The van der Waals surface area contributed by atoms with Gasteiger partial charge in [-0.2, -0.15) is 14.4 Å². The second-order valence-electron chi connectivity index (χ2n) is 6.08. The average Bonchev–Trinajstić information content (AvgIpc) is 2.97. The van der Waals surface area contributed by atoms with E-state index in [0.717, 1.165) is 39.0 Å². The molecule has 8 nitrogen and oxygen atoms in total. The molecule has 0 atom stereocenters. The molecule has 2 aliphatic heterocycles. The lowest BCUT2D eigenvalue weighted by Crippen LogP contribution is -2.36. The van der Waals surface area contributed by atoms with E-state index in [1.165, 1.54) is 30.1 Å². The van der Waals surface area contributed by atoms with E-state index in [-0.39, 0.29) is 5.69 Å². The Morgan fingerprint density at radius 2 is 1.45 bits per heavy atom. The summed E-state index contributed by atoms with van der Waals surface area (Å²) < 4.78 is 1.50. The smallest absolute Gasteiger partial charge is 0.342 e. The van der Waals surface area contributed by atoms with Crippen LogP contribution in [0.4, 0.5) is 11.9 Å². The second kappa shape index (κ2) is 5.58. The van der Waals surface area contributed by atoms with Crippen LogP contribution in [-0.4, -0.2) is 50.7 Å². The lowest BCUT2D eigenvalue weighted by molar-refractivity contribution is 0.554. The summed E-state index contributed by atoms with van der Waals surface area (Å²) in [6.45, 7) is 3.82. The summed E-state index contributed by atoms with van der Waals surface area (Å²) in [5.41, 5.74) is -0.263. The van der Waals surface area contributed by atoms with Gasteiger partial charge in [-0.3, -0.25) is 0 Å². The second-order valence-corrected chi connectivity index (χ2v) is 6.08. The van der Waals surface area contributed by atoms with Crippen LogP contribution in [0, 0.1) is 0 Å². The van der Waals surface area contributed by atoms with Crippen LogP contribution in [0.25, 0.3) is 5.78 Å². The molecular formula is C14H21N7O. The van der Waals surface area contributed by atoms with Gasteiger partial charge in [0.25, 0.3) is 5.78 Å². The fraction of sp³-hybridized carbons (Fsp3) is 0.714. The van der Waals surface area contributed by atoms with Crippen LogP contribution in [0.1, 0.15) is 38.5 Å². The molecule has 22 heavy (non-hydrogen) atoms. The molecule has 4 heterocycles. The van der Waals surface area contributed by atoms with E-state index in [2.05, 4.69) is 25.0 Å². The number of nitrogens with zero attached hydrogens (tertiary/aromatic N) is 6. The number of anilines is 2. The van der Waals surface area contributed by atoms with Crippen LogP contribution in [0.5, 0.6) is 0 Å². The lowest BCUT2D eigenvalue weighted by Gasteiger charge is -2.30. The van der Waals surface area contributed by atoms with E-state index in [1.807, 2.05) is 0 Å². The van der Waals surface area contributed by atoms with Crippen LogP contribution in [0.15, 0.2) is 4.79 Å². The first kappa shape index (κ1) is 13.5. The van der Waals surface area contributed by atoms with Gasteiger partial charge in [0.1, 0.15) is 0 Å². The summed E-state index contributed by atoms with van der Waals surface area (Å²) in [6.07, 6.45) is 7.11. The van der Waals surface area contributed by atoms with E-state index in [4.69, 9.17) is 4.98 Å². The molecule has 2 fully saturated rings. The van der Waals surface area contributed by atoms with Crippen LogP contribution < -0.4 is 15.5 Å². The van der Waals surface area contributed by atoms with Crippen molar-refractivity contribution in [2.24, 2.45) is 0 Å². The van der Waals surface area contributed by atoms with Gasteiger partial charge in [0.15, 0.2) is 0 Å². The molecule has 0 aromatic carbocycles. The Morgan fingerprint density at radius 1 is 0.818 bits per heavy atom. The maximum Gasteiger partial charge on any atom is 0.351 e. The van der Waals surface area contributed by atoms with E-state index >= 15 is 0 Å². The third-order valence-corrected chi connectivity index (χ3v) is 4.53. The lowest BCUT2D eigenvalue weighted by atomic mass is 10.1. The molecule has 2 saturated heterocycles. The highest BCUT2D eigenvalue weighted by Crippen LogP contribution is 2.22. The van der Waals surface area contributed by atoms with E-state index < -0.39 is 0 Å². The van der Waals surface area contributed by atoms with Crippen LogP contribution in [-0.2, 0) is 0 Å². The highest BCUT2D eigenvalue weighted by Gasteiger charge is 2.22. The molecule has 0 unspecified atom stereocenters. The van der Waals surface area contributed by atoms with Gasteiger partial charge in [-0.25, -0.2) is 9.89 Å². The molecule has 0 radical (unpaired) electrons. The first-order valence-corrected chi connectivity index (χ1v) is 8.18. The molecule has 4 rings (SSSR count). The number of aromatic nitrogens is 5. The molecule has 2 aliphatic rings. The van der Waals surface area contributed by atoms with Crippen LogP contribution >= 0.6 is 0 Å². The molecule has 0 amide bonds. The number of H-pyrrole nitrogens is 1. The largest absolute Gasteiger partial charge is 0.351 e. The van der Waals surface area contributed by atoms with Crippen molar-refractivity contribution < 1.29 is 0 Å². The SMILES string of the molecule is O=c1[nH]nc2nc(N3CCCCC3)nc(N3CCCCC3)n12. The van der Waals surface area contributed by atoms with E-state index in [0.29, 0.717) is 17.7 Å². The average molecular weight is 303 g/mol. The van der Waals surface area contributed by atoms with Gasteiger partial charge < -0.3 is 9.80 Å². The zero-order valence-corrected chi connectivity index (χ0v) is 12.7. The van der Waals surface area contributed by atoms with Gasteiger partial charge in [-0.1, -0.05) is 0 Å². The van der Waals surface area contributed by atoms with Crippen molar-refractivity contribution in [2.75, 3.05) is 36.0 Å². The first-order chi connectivity index (χ1) is 10.8. The Morgan fingerprint density at radius 3 is 2.14 bits per heavy atom. The Bertz CT molecular complexity index is 710. The number of hydrogen-bond acceptors (Lipinski definition) is 6. The van der Waals surface area contributed by atoms with Crippen molar-refractivity contribution in [2.45, 2.75) is 38.5 Å². The molecule has 0 aliphatic carbocycles. The fourth-order valence-electron chi connectivity index (χ4n) is 3.34. The number of nitrogens with one attached hydrogen (secondary N) is 1. The summed E-state index contributed by atoms with van der Waals surface area (Å²) in [6, 6.07) is 0. The Labute approximate surface area is 128 Å². The minimum absolute atomic E-state index is 0.263. The first-order valence-electron chi connectivity index (χ1n) is 8.18. The van der Waals surface area contributed by atoms with Gasteiger partial charge in [0, 0.05) is 26.2 Å². The predicted octanol–water partition coefficient (Wildman–Crippen LogP) is 0.793. The van der Waals surface area contributed by atoms with Crippen molar-refractivity contribution >= 4 is 17.7 Å². The van der Waals surface area contributed by atoms with Gasteiger partial charge in [-0.05, 0) is 38.5 Å². The maximum atomic E-state index is 12.1. The number of piperidine rings is 2. The molecule has 2 aromatic heterocycles. The molecular weight excluding hydrogens is 282 g/mol. The Hall–Kier alpha value is -2.12. The van der Waals surface area contributed by atoms with Gasteiger partial charge >= 0.3 is 5.69 Å². The Kier molecular flexibility index (Phi) is 3.44. The van der Waals surface area contributed by atoms with Gasteiger partial charge in [0.05, 0.1) is 0 Å². The maximum absolute atomic E-state index is 12.1. The van der Waals surface area contributed by atoms with E-state index in [1.54, 1.807) is 0 Å². The summed E-state index contributed by atoms with van der Waals surface area (Å²) >= 11 is 0.